The maximum Gasteiger partial charge on any atom is 0.310 e. The lowest BCUT2D eigenvalue weighted by Gasteiger charge is -2.08. The van der Waals surface area contributed by atoms with Crippen LogP contribution in [0.5, 0.6) is 0 Å². The van der Waals surface area contributed by atoms with Gasteiger partial charge in [0.1, 0.15) is 0 Å². The molecule has 0 fully saturated rings. The van der Waals surface area contributed by atoms with Crippen molar-refractivity contribution in [1.82, 2.24) is 0 Å². The Labute approximate surface area is 132 Å². The molecule has 3 nitrogen and oxygen atoms in total. The zero-order valence-corrected chi connectivity index (χ0v) is 13.3. The van der Waals surface area contributed by atoms with Crippen LogP contribution in [0.15, 0.2) is 53.0 Å². The van der Waals surface area contributed by atoms with Gasteiger partial charge in [0.15, 0.2) is 0 Å². The molecule has 4 heteroatoms. The number of carboxylic acids is 1. The van der Waals surface area contributed by atoms with Crippen molar-refractivity contribution >= 4 is 21.9 Å². The van der Waals surface area contributed by atoms with Crippen LogP contribution in [-0.4, -0.2) is 11.1 Å². The van der Waals surface area contributed by atoms with Crippen molar-refractivity contribution in [2.75, 3.05) is 0 Å². The predicted molar refractivity (Wildman–Crippen MR) is 85.1 cm³/mol. The zero-order chi connectivity index (χ0) is 15.2. The van der Waals surface area contributed by atoms with E-state index in [0.717, 1.165) is 21.2 Å². The smallest absolute Gasteiger partial charge is 0.310 e. The highest BCUT2D eigenvalue weighted by Crippen LogP contribution is 2.17. The predicted octanol–water partition coefficient (Wildman–Crippen LogP) is 4.35. The molecule has 0 bridgehead atoms. The fourth-order valence-electron chi connectivity index (χ4n) is 1.91. The summed E-state index contributed by atoms with van der Waals surface area (Å²) in [6.07, 6.45) is 0. The van der Waals surface area contributed by atoms with Crippen LogP contribution in [0.2, 0.25) is 0 Å². The van der Waals surface area contributed by atoms with Gasteiger partial charge in [-0.05, 0) is 35.7 Å². The van der Waals surface area contributed by atoms with Gasteiger partial charge in [0.2, 0.25) is 0 Å². The summed E-state index contributed by atoms with van der Waals surface area (Å²) in [5, 5.41) is 8.96. The summed E-state index contributed by atoms with van der Waals surface area (Å²) in [6, 6.07) is 15.5. The highest BCUT2D eigenvalue weighted by atomic mass is 79.9. The first-order valence-electron chi connectivity index (χ1n) is 6.70. The third-order valence-electron chi connectivity index (χ3n) is 3.30. The molecule has 0 aliphatic rings. The Morgan fingerprint density at radius 1 is 1.05 bits per heavy atom. The number of aliphatic carboxylic acids is 1. The first-order chi connectivity index (χ1) is 10.1. The topological polar surface area (TPSA) is 46.5 Å². The number of rotatable bonds is 6. The highest BCUT2D eigenvalue weighted by molar-refractivity contribution is 9.10. The summed E-state index contributed by atoms with van der Waals surface area (Å²) >= 11 is 3.40. The maximum atomic E-state index is 10.9. The molecule has 2 rings (SSSR count). The van der Waals surface area contributed by atoms with E-state index in [1.165, 1.54) is 0 Å². The van der Waals surface area contributed by atoms with Crippen molar-refractivity contribution < 1.29 is 14.6 Å². The van der Waals surface area contributed by atoms with Gasteiger partial charge in [-0.15, -0.1) is 0 Å². The van der Waals surface area contributed by atoms with Crippen LogP contribution in [0.3, 0.4) is 0 Å². The number of hydrogen-bond acceptors (Lipinski definition) is 2. The van der Waals surface area contributed by atoms with Gasteiger partial charge >= 0.3 is 5.97 Å². The van der Waals surface area contributed by atoms with E-state index in [1.54, 1.807) is 6.92 Å². The molecule has 0 aliphatic carbocycles. The quantitative estimate of drug-likeness (QED) is 0.843. The molecule has 0 aromatic heterocycles. The van der Waals surface area contributed by atoms with Gasteiger partial charge in [0.05, 0.1) is 19.1 Å². The summed E-state index contributed by atoms with van der Waals surface area (Å²) in [5.74, 6) is -1.29. The molecule has 0 aliphatic heterocycles. The normalized spacial score (nSPS) is 12.1. The summed E-state index contributed by atoms with van der Waals surface area (Å²) < 4.78 is 6.71. The van der Waals surface area contributed by atoms with Crippen LogP contribution in [0.1, 0.15) is 29.5 Å². The lowest BCUT2D eigenvalue weighted by Crippen LogP contribution is -2.07. The van der Waals surface area contributed by atoms with Gasteiger partial charge < -0.3 is 9.84 Å². The van der Waals surface area contributed by atoms with E-state index in [9.17, 15) is 4.79 Å². The number of carboxylic acid groups (broad SMARTS) is 1. The molecule has 110 valence electrons. The number of ether oxygens (including phenoxy) is 1. The number of benzene rings is 2. The van der Waals surface area contributed by atoms with Gasteiger partial charge in [-0.1, -0.05) is 52.3 Å². The minimum Gasteiger partial charge on any atom is -0.481 e. The third-order valence-corrected chi connectivity index (χ3v) is 3.83. The number of halogens is 1. The van der Waals surface area contributed by atoms with E-state index in [0.29, 0.717) is 13.2 Å². The number of hydrogen-bond donors (Lipinski definition) is 1. The molecule has 2 aromatic rings. The van der Waals surface area contributed by atoms with Gasteiger partial charge in [0.25, 0.3) is 0 Å². The average molecular weight is 349 g/mol. The molecule has 0 radical (unpaired) electrons. The Morgan fingerprint density at radius 3 is 2.00 bits per heavy atom. The van der Waals surface area contributed by atoms with E-state index in [2.05, 4.69) is 15.9 Å². The first kappa shape index (κ1) is 15.7. The fraction of sp³-hybridized carbons (Fsp3) is 0.235. The summed E-state index contributed by atoms with van der Waals surface area (Å²) in [7, 11) is 0. The maximum absolute atomic E-state index is 10.9. The van der Waals surface area contributed by atoms with Crippen LogP contribution in [-0.2, 0) is 22.7 Å². The van der Waals surface area contributed by atoms with Crippen molar-refractivity contribution in [3.63, 3.8) is 0 Å². The Balaban J connectivity index is 1.86. The lowest BCUT2D eigenvalue weighted by molar-refractivity contribution is -0.138. The van der Waals surface area contributed by atoms with Crippen molar-refractivity contribution in [3.05, 3.63) is 69.7 Å². The Morgan fingerprint density at radius 2 is 1.52 bits per heavy atom. The SMILES string of the molecule is CC(C(=O)O)c1ccc(COCc2ccc(Br)cc2)cc1. The second kappa shape index (κ2) is 7.38. The van der Waals surface area contributed by atoms with Crippen LogP contribution in [0.25, 0.3) is 0 Å². The van der Waals surface area contributed by atoms with Gasteiger partial charge in [0, 0.05) is 4.47 Å². The van der Waals surface area contributed by atoms with Crippen molar-refractivity contribution in [3.8, 4) is 0 Å². The average Bonchev–Trinajstić information content (AvgIpc) is 2.49. The van der Waals surface area contributed by atoms with Crippen LogP contribution < -0.4 is 0 Å². The Bertz CT molecular complexity index is 590. The van der Waals surface area contributed by atoms with E-state index in [-0.39, 0.29) is 0 Å². The van der Waals surface area contributed by atoms with E-state index in [4.69, 9.17) is 9.84 Å². The van der Waals surface area contributed by atoms with Crippen LogP contribution >= 0.6 is 15.9 Å². The third kappa shape index (κ3) is 4.69. The van der Waals surface area contributed by atoms with Crippen LogP contribution in [0, 0.1) is 0 Å². The minimum absolute atomic E-state index is 0.484. The second-order valence-electron chi connectivity index (χ2n) is 4.92. The Kier molecular flexibility index (Phi) is 5.53. The standard InChI is InChI=1S/C17H17BrO3/c1-12(17(19)20)15-6-2-13(3-7-15)10-21-11-14-4-8-16(18)9-5-14/h2-9,12H,10-11H2,1H3,(H,19,20). The summed E-state index contributed by atoms with van der Waals surface area (Å²) in [6.45, 7) is 2.75. The molecule has 0 spiro atoms. The Hall–Kier alpha value is -1.65. The van der Waals surface area contributed by atoms with Crippen molar-refractivity contribution in [1.29, 1.82) is 0 Å². The molecule has 2 aromatic carbocycles. The molecule has 1 atom stereocenters. The van der Waals surface area contributed by atoms with Gasteiger partial charge in [-0.2, -0.15) is 0 Å². The first-order valence-corrected chi connectivity index (χ1v) is 7.49. The summed E-state index contributed by atoms with van der Waals surface area (Å²) in [4.78, 5) is 10.9. The van der Waals surface area contributed by atoms with Crippen molar-refractivity contribution in [2.45, 2.75) is 26.1 Å². The molecule has 0 heterocycles. The largest absolute Gasteiger partial charge is 0.481 e. The number of carbonyl (C=O) groups is 1. The van der Waals surface area contributed by atoms with Gasteiger partial charge in [-0.3, -0.25) is 4.79 Å². The van der Waals surface area contributed by atoms with Crippen molar-refractivity contribution in [2.24, 2.45) is 0 Å². The second-order valence-corrected chi connectivity index (χ2v) is 5.84. The molecule has 0 saturated heterocycles. The van der Waals surface area contributed by atoms with Gasteiger partial charge in [-0.25, -0.2) is 0 Å². The molecule has 0 saturated carbocycles. The fourth-order valence-corrected chi connectivity index (χ4v) is 2.18. The molecule has 0 amide bonds. The summed E-state index contributed by atoms with van der Waals surface area (Å²) in [5.41, 5.74) is 2.96. The minimum atomic E-state index is -0.811. The molecule has 1 N–H and O–H groups in total. The molecular weight excluding hydrogens is 332 g/mol. The lowest BCUT2D eigenvalue weighted by atomic mass is 10.0. The molecule has 21 heavy (non-hydrogen) atoms. The molecular formula is C17H17BrO3. The van der Waals surface area contributed by atoms with E-state index < -0.39 is 11.9 Å². The monoisotopic (exact) mass is 348 g/mol. The molecule has 1 unspecified atom stereocenters. The van der Waals surface area contributed by atoms with E-state index >= 15 is 0 Å². The highest BCUT2D eigenvalue weighted by Gasteiger charge is 2.12. The van der Waals surface area contributed by atoms with E-state index in [1.807, 2.05) is 48.5 Å². The van der Waals surface area contributed by atoms with Crippen LogP contribution in [0.4, 0.5) is 0 Å². The zero-order valence-electron chi connectivity index (χ0n) is 11.8.